The van der Waals surface area contributed by atoms with Gasteiger partial charge in [0.2, 0.25) is 0 Å². The summed E-state index contributed by atoms with van der Waals surface area (Å²) in [6, 6.07) is 4.31. The Morgan fingerprint density at radius 2 is 1.86 bits per heavy atom. The molecule has 0 saturated carbocycles. The first-order chi connectivity index (χ1) is 6.30. The zero-order chi connectivity index (χ0) is 10.9. The number of hydrogen-bond donors (Lipinski definition) is 2. The highest BCUT2D eigenvalue weighted by Crippen LogP contribution is 2.25. The molecule has 78 valence electrons. The van der Waals surface area contributed by atoms with E-state index in [1.807, 2.05) is 0 Å². The van der Waals surface area contributed by atoms with Crippen molar-refractivity contribution in [3.05, 3.63) is 28.8 Å². The lowest BCUT2D eigenvalue weighted by Crippen LogP contribution is -2.15. The van der Waals surface area contributed by atoms with Gasteiger partial charge in [-0.3, -0.25) is 0 Å². The van der Waals surface area contributed by atoms with Gasteiger partial charge in [0.05, 0.1) is 10.5 Å². The first-order valence-electron chi connectivity index (χ1n) is 3.98. The average Bonchev–Trinajstić information content (AvgIpc) is 2.01. The fraction of sp³-hybridized carbons (Fsp3) is 0.333. The molecule has 0 heterocycles. The van der Waals surface area contributed by atoms with Crippen molar-refractivity contribution in [3.8, 4) is 0 Å². The van der Waals surface area contributed by atoms with Crippen molar-refractivity contribution in [2.45, 2.75) is 24.3 Å². The smallest absolute Gasteiger partial charge is 0.168 e. The van der Waals surface area contributed by atoms with Crippen molar-refractivity contribution in [1.82, 2.24) is 0 Å². The van der Waals surface area contributed by atoms with Crippen LogP contribution in [0.15, 0.2) is 23.1 Å². The molecule has 1 rings (SSSR count). The lowest BCUT2D eigenvalue weighted by molar-refractivity contribution is 0.0784. The second kappa shape index (κ2) is 3.88. The van der Waals surface area contributed by atoms with Crippen molar-refractivity contribution in [2.75, 3.05) is 0 Å². The van der Waals surface area contributed by atoms with E-state index in [4.69, 9.17) is 11.6 Å². The van der Waals surface area contributed by atoms with Crippen molar-refractivity contribution in [1.29, 1.82) is 0 Å². The van der Waals surface area contributed by atoms with E-state index in [0.29, 0.717) is 10.6 Å². The van der Waals surface area contributed by atoms with Crippen LogP contribution < -0.4 is 0 Å². The van der Waals surface area contributed by atoms with Crippen LogP contribution in [0.25, 0.3) is 0 Å². The Balaban J connectivity index is 3.35. The molecule has 0 aliphatic rings. The summed E-state index contributed by atoms with van der Waals surface area (Å²) in [5.41, 5.74) is -0.607. The van der Waals surface area contributed by atoms with Gasteiger partial charge in [-0.15, -0.1) is 0 Å². The Morgan fingerprint density at radius 1 is 1.29 bits per heavy atom. The number of thiol groups is 1. The van der Waals surface area contributed by atoms with Gasteiger partial charge in [0, 0.05) is 5.02 Å². The van der Waals surface area contributed by atoms with E-state index in [2.05, 4.69) is 0 Å². The third-order valence-corrected chi connectivity index (χ3v) is 2.70. The molecular formula is C9H11ClO3S. The van der Waals surface area contributed by atoms with Gasteiger partial charge in [-0.2, -0.15) is 0 Å². The van der Waals surface area contributed by atoms with Crippen LogP contribution in [-0.4, -0.2) is 13.5 Å². The van der Waals surface area contributed by atoms with Crippen molar-refractivity contribution in [2.24, 2.45) is 0 Å². The van der Waals surface area contributed by atoms with Crippen molar-refractivity contribution >= 4 is 22.3 Å². The van der Waals surface area contributed by atoms with E-state index < -0.39 is 16.3 Å². The van der Waals surface area contributed by atoms with Crippen LogP contribution in [0.5, 0.6) is 0 Å². The van der Waals surface area contributed by atoms with Gasteiger partial charge in [-0.25, -0.2) is 8.42 Å². The van der Waals surface area contributed by atoms with Crippen LogP contribution in [0.2, 0.25) is 5.02 Å². The molecule has 0 bridgehead atoms. The molecule has 3 nitrogen and oxygen atoms in total. The summed E-state index contributed by atoms with van der Waals surface area (Å²) in [5.74, 6) is 0. The van der Waals surface area contributed by atoms with Gasteiger partial charge in [-0.05, 0) is 37.6 Å². The topological polar surface area (TPSA) is 54.4 Å². The standard InChI is InChI=1S/C9H11ClO3S/c1-9(2,11)6-3-7(10)5-8(4-6)14(12)13/h3-5,11,14H,1-2H3. The SMILES string of the molecule is CC(C)(O)c1cc(Cl)cc([SH](=O)=O)c1. The third-order valence-electron chi connectivity index (χ3n) is 1.80. The molecule has 14 heavy (non-hydrogen) atoms. The van der Waals surface area contributed by atoms with Gasteiger partial charge < -0.3 is 5.11 Å². The third kappa shape index (κ3) is 2.70. The minimum atomic E-state index is -2.67. The molecule has 0 aliphatic carbocycles. The van der Waals surface area contributed by atoms with E-state index in [-0.39, 0.29) is 4.90 Å². The Hall–Kier alpha value is -0.580. The summed E-state index contributed by atoms with van der Waals surface area (Å²) in [4.78, 5) is 0.115. The second-order valence-corrected chi connectivity index (χ2v) is 4.98. The highest BCUT2D eigenvalue weighted by atomic mass is 35.5. The van der Waals surface area contributed by atoms with Gasteiger partial charge >= 0.3 is 0 Å². The van der Waals surface area contributed by atoms with Crippen molar-refractivity contribution < 1.29 is 13.5 Å². The predicted molar refractivity (Wildman–Crippen MR) is 55.3 cm³/mol. The number of hydrogen-bond acceptors (Lipinski definition) is 3. The van der Waals surface area contributed by atoms with E-state index in [1.165, 1.54) is 12.1 Å². The van der Waals surface area contributed by atoms with Crippen molar-refractivity contribution in [3.63, 3.8) is 0 Å². The zero-order valence-corrected chi connectivity index (χ0v) is 9.47. The monoisotopic (exact) mass is 234 g/mol. The molecule has 0 aliphatic heterocycles. The van der Waals surface area contributed by atoms with Crippen LogP contribution in [0, 0.1) is 0 Å². The number of aliphatic hydroxyl groups is 1. The summed E-state index contributed by atoms with van der Waals surface area (Å²) >= 11 is 5.72. The number of rotatable bonds is 2. The summed E-state index contributed by atoms with van der Waals surface area (Å²) in [6.07, 6.45) is 0. The Labute approximate surface area is 89.3 Å². The maximum absolute atomic E-state index is 10.7. The van der Waals surface area contributed by atoms with Crippen LogP contribution >= 0.6 is 11.6 Å². The van der Waals surface area contributed by atoms with E-state index in [9.17, 15) is 13.5 Å². The summed E-state index contributed by atoms with van der Waals surface area (Å²) in [5, 5.41) is 9.97. The minimum absolute atomic E-state index is 0.115. The molecule has 0 amide bonds. The lowest BCUT2D eigenvalue weighted by atomic mass is 9.99. The minimum Gasteiger partial charge on any atom is -0.386 e. The van der Waals surface area contributed by atoms with Crippen LogP contribution in [0.4, 0.5) is 0 Å². The number of benzene rings is 1. The quantitative estimate of drug-likeness (QED) is 0.764. The fourth-order valence-corrected chi connectivity index (χ4v) is 1.83. The Bertz CT molecular complexity index is 411. The molecular weight excluding hydrogens is 224 g/mol. The fourth-order valence-electron chi connectivity index (χ4n) is 1.03. The first kappa shape index (κ1) is 11.5. The van der Waals surface area contributed by atoms with Crippen LogP contribution in [0.3, 0.4) is 0 Å². The van der Waals surface area contributed by atoms with E-state index >= 15 is 0 Å². The van der Waals surface area contributed by atoms with Gasteiger partial charge in [-0.1, -0.05) is 11.6 Å². The molecule has 1 aromatic carbocycles. The molecule has 1 aromatic rings. The summed E-state index contributed by atoms with van der Waals surface area (Å²) in [6.45, 7) is 3.14. The van der Waals surface area contributed by atoms with Crippen LogP contribution in [-0.2, 0) is 16.3 Å². The molecule has 0 aromatic heterocycles. The van der Waals surface area contributed by atoms with Crippen LogP contribution in [0.1, 0.15) is 19.4 Å². The summed E-state index contributed by atoms with van der Waals surface area (Å²) in [7, 11) is -2.67. The number of halogens is 1. The zero-order valence-electron chi connectivity index (χ0n) is 7.82. The molecule has 5 heteroatoms. The molecule has 0 atom stereocenters. The molecule has 0 spiro atoms. The molecule has 0 fully saturated rings. The predicted octanol–water partition coefficient (Wildman–Crippen LogP) is 1.54. The maximum Gasteiger partial charge on any atom is 0.168 e. The first-order valence-corrected chi connectivity index (χ1v) is 5.54. The Morgan fingerprint density at radius 3 is 2.29 bits per heavy atom. The molecule has 0 radical (unpaired) electrons. The normalized spacial score (nSPS) is 12.1. The largest absolute Gasteiger partial charge is 0.386 e. The van der Waals surface area contributed by atoms with E-state index in [0.717, 1.165) is 0 Å². The maximum atomic E-state index is 10.7. The highest BCUT2D eigenvalue weighted by molar-refractivity contribution is 7.72. The highest BCUT2D eigenvalue weighted by Gasteiger charge is 2.17. The second-order valence-electron chi connectivity index (χ2n) is 3.51. The summed E-state index contributed by atoms with van der Waals surface area (Å²) < 4.78 is 21.5. The lowest BCUT2D eigenvalue weighted by Gasteiger charge is -2.18. The van der Waals surface area contributed by atoms with Gasteiger partial charge in [0.1, 0.15) is 0 Å². The van der Waals surface area contributed by atoms with Gasteiger partial charge in [0.15, 0.2) is 10.7 Å². The molecule has 0 saturated heterocycles. The van der Waals surface area contributed by atoms with Gasteiger partial charge in [0.25, 0.3) is 0 Å². The average molecular weight is 235 g/mol. The van der Waals surface area contributed by atoms with E-state index in [1.54, 1.807) is 19.9 Å². The molecule has 0 unspecified atom stereocenters. The molecule has 1 N–H and O–H groups in total. The Kier molecular flexibility index (Phi) is 3.19.